The van der Waals surface area contributed by atoms with Crippen molar-refractivity contribution in [2.24, 2.45) is 0 Å². The summed E-state index contributed by atoms with van der Waals surface area (Å²) in [6.45, 7) is 2.12. The van der Waals surface area contributed by atoms with Crippen molar-refractivity contribution in [3.63, 3.8) is 0 Å². The molecule has 0 radical (unpaired) electrons. The summed E-state index contributed by atoms with van der Waals surface area (Å²) in [7, 11) is 0. The summed E-state index contributed by atoms with van der Waals surface area (Å²) in [4.78, 5) is 1.25. The number of aliphatic hydroxyl groups excluding tert-OH is 1. The van der Waals surface area contributed by atoms with E-state index in [0.717, 1.165) is 6.42 Å². The third-order valence-corrected chi connectivity index (χ3v) is 3.54. The fourth-order valence-corrected chi connectivity index (χ4v) is 2.38. The summed E-state index contributed by atoms with van der Waals surface area (Å²) in [6.07, 6.45) is 0.0753. The summed E-state index contributed by atoms with van der Waals surface area (Å²) < 4.78 is 18.7. The first-order valence-electron chi connectivity index (χ1n) is 5.79. The molecule has 18 heavy (non-hydrogen) atoms. The maximum atomic E-state index is 13.1. The molecular weight excluding hydrogens is 251 g/mol. The number of aliphatic hydroxyl groups is 1. The van der Waals surface area contributed by atoms with Crippen LogP contribution in [0.4, 0.5) is 4.39 Å². The highest BCUT2D eigenvalue weighted by Gasteiger charge is 2.10. The second-order valence-corrected chi connectivity index (χ2v) is 5.07. The molecule has 0 bridgehead atoms. The number of hydrogen-bond donors (Lipinski definition) is 1. The van der Waals surface area contributed by atoms with Gasteiger partial charge in [-0.1, -0.05) is 6.07 Å². The molecule has 2 aromatic rings. The van der Waals surface area contributed by atoms with Crippen molar-refractivity contribution in [3.8, 4) is 5.75 Å². The smallest absolute Gasteiger partial charge is 0.125 e. The Morgan fingerprint density at radius 2 is 2.22 bits per heavy atom. The van der Waals surface area contributed by atoms with Crippen molar-refractivity contribution in [2.75, 3.05) is 6.61 Å². The minimum absolute atomic E-state index is 0.364. The molecule has 0 saturated heterocycles. The van der Waals surface area contributed by atoms with Gasteiger partial charge in [0.1, 0.15) is 11.6 Å². The Kier molecular flexibility index (Phi) is 4.33. The van der Waals surface area contributed by atoms with Crippen molar-refractivity contribution in [3.05, 3.63) is 52.0 Å². The SMILES string of the molecule is CC(O)c1cc(F)ccc1OCCc1cccs1. The number of benzene rings is 1. The van der Waals surface area contributed by atoms with Crippen LogP contribution in [0.3, 0.4) is 0 Å². The maximum Gasteiger partial charge on any atom is 0.125 e. The van der Waals surface area contributed by atoms with E-state index in [1.54, 1.807) is 24.3 Å². The molecule has 1 N–H and O–H groups in total. The quantitative estimate of drug-likeness (QED) is 0.896. The number of rotatable bonds is 5. The fourth-order valence-electron chi connectivity index (χ4n) is 1.69. The molecule has 1 atom stereocenters. The van der Waals surface area contributed by atoms with E-state index < -0.39 is 6.10 Å². The van der Waals surface area contributed by atoms with Crippen LogP contribution in [-0.4, -0.2) is 11.7 Å². The lowest BCUT2D eigenvalue weighted by Crippen LogP contribution is -2.04. The van der Waals surface area contributed by atoms with Crippen LogP contribution in [0.2, 0.25) is 0 Å². The van der Waals surface area contributed by atoms with Gasteiger partial charge in [-0.05, 0) is 36.6 Å². The molecule has 0 fully saturated rings. The van der Waals surface area contributed by atoms with E-state index in [1.807, 2.05) is 17.5 Å². The molecule has 2 nitrogen and oxygen atoms in total. The third-order valence-electron chi connectivity index (χ3n) is 2.61. The van der Waals surface area contributed by atoms with E-state index in [2.05, 4.69) is 0 Å². The van der Waals surface area contributed by atoms with Crippen LogP contribution < -0.4 is 4.74 Å². The topological polar surface area (TPSA) is 29.5 Å². The minimum Gasteiger partial charge on any atom is -0.493 e. The second-order valence-electron chi connectivity index (χ2n) is 4.04. The lowest BCUT2D eigenvalue weighted by Gasteiger charge is -2.13. The minimum atomic E-state index is -0.738. The Bertz CT molecular complexity index is 495. The van der Waals surface area contributed by atoms with Gasteiger partial charge in [0.25, 0.3) is 0 Å². The third kappa shape index (κ3) is 3.31. The first-order chi connectivity index (χ1) is 8.66. The van der Waals surface area contributed by atoms with E-state index in [9.17, 15) is 9.50 Å². The standard InChI is InChI=1S/C14H15FO2S/c1-10(16)13-9-11(15)4-5-14(13)17-7-6-12-3-2-8-18-12/h2-5,8-10,16H,6-7H2,1H3. The molecule has 0 spiro atoms. The first kappa shape index (κ1) is 13.1. The van der Waals surface area contributed by atoms with E-state index in [0.29, 0.717) is 17.9 Å². The molecule has 0 aliphatic carbocycles. The van der Waals surface area contributed by atoms with Crippen LogP contribution in [-0.2, 0) is 6.42 Å². The highest BCUT2D eigenvalue weighted by Crippen LogP contribution is 2.26. The number of thiophene rings is 1. The van der Waals surface area contributed by atoms with Gasteiger partial charge in [0.15, 0.2) is 0 Å². The molecule has 0 saturated carbocycles. The van der Waals surface area contributed by atoms with Crippen LogP contribution in [0, 0.1) is 5.82 Å². The molecule has 4 heteroatoms. The first-order valence-corrected chi connectivity index (χ1v) is 6.67. The van der Waals surface area contributed by atoms with Gasteiger partial charge in [-0.2, -0.15) is 0 Å². The van der Waals surface area contributed by atoms with Gasteiger partial charge in [0.05, 0.1) is 12.7 Å². The van der Waals surface area contributed by atoms with Crippen LogP contribution in [0.5, 0.6) is 5.75 Å². The highest BCUT2D eigenvalue weighted by molar-refractivity contribution is 7.09. The zero-order valence-electron chi connectivity index (χ0n) is 10.1. The molecule has 0 aliphatic heterocycles. The van der Waals surface area contributed by atoms with Gasteiger partial charge in [-0.3, -0.25) is 0 Å². The van der Waals surface area contributed by atoms with Crippen LogP contribution in [0.15, 0.2) is 35.7 Å². The number of hydrogen-bond acceptors (Lipinski definition) is 3. The van der Waals surface area contributed by atoms with E-state index in [4.69, 9.17) is 4.74 Å². The molecule has 1 aromatic carbocycles. The van der Waals surface area contributed by atoms with Crippen molar-refractivity contribution >= 4 is 11.3 Å². The molecule has 1 unspecified atom stereocenters. The Morgan fingerprint density at radius 3 is 2.89 bits per heavy atom. The molecule has 1 heterocycles. The highest BCUT2D eigenvalue weighted by atomic mass is 32.1. The Hall–Kier alpha value is -1.39. The lowest BCUT2D eigenvalue weighted by atomic mass is 10.1. The van der Waals surface area contributed by atoms with Crippen molar-refractivity contribution in [1.82, 2.24) is 0 Å². The molecule has 0 amide bonds. The summed E-state index contributed by atoms with van der Waals surface area (Å²) in [6, 6.07) is 8.26. The van der Waals surface area contributed by atoms with Crippen LogP contribution >= 0.6 is 11.3 Å². The van der Waals surface area contributed by atoms with Gasteiger partial charge >= 0.3 is 0 Å². The maximum absolute atomic E-state index is 13.1. The van der Waals surface area contributed by atoms with Crippen molar-refractivity contribution in [1.29, 1.82) is 0 Å². The monoisotopic (exact) mass is 266 g/mol. The Balaban J connectivity index is 2.00. The summed E-state index contributed by atoms with van der Waals surface area (Å²) in [5.74, 6) is 0.180. The van der Waals surface area contributed by atoms with E-state index in [1.165, 1.54) is 17.0 Å². The average Bonchev–Trinajstić information content (AvgIpc) is 2.84. The van der Waals surface area contributed by atoms with Crippen LogP contribution in [0.25, 0.3) is 0 Å². The second kappa shape index (κ2) is 5.98. The predicted octanol–water partition coefficient (Wildman–Crippen LogP) is 3.56. The van der Waals surface area contributed by atoms with Gasteiger partial charge in [0, 0.05) is 16.9 Å². The number of ether oxygens (including phenoxy) is 1. The summed E-state index contributed by atoms with van der Waals surface area (Å²) in [5, 5.41) is 11.6. The van der Waals surface area contributed by atoms with Crippen molar-refractivity contribution in [2.45, 2.75) is 19.4 Å². The fraction of sp³-hybridized carbons (Fsp3) is 0.286. The zero-order valence-corrected chi connectivity index (χ0v) is 10.9. The van der Waals surface area contributed by atoms with E-state index in [-0.39, 0.29) is 5.82 Å². The van der Waals surface area contributed by atoms with Gasteiger partial charge in [-0.25, -0.2) is 4.39 Å². The average molecular weight is 266 g/mol. The molecular formula is C14H15FO2S. The zero-order chi connectivity index (χ0) is 13.0. The van der Waals surface area contributed by atoms with Gasteiger partial charge in [0.2, 0.25) is 0 Å². The Labute approximate surface area is 110 Å². The molecule has 96 valence electrons. The van der Waals surface area contributed by atoms with Crippen molar-refractivity contribution < 1.29 is 14.2 Å². The molecule has 0 aliphatic rings. The van der Waals surface area contributed by atoms with E-state index >= 15 is 0 Å². The Morgan fingerprint density at radius 1 is 1.39 bits per heavy atom. The normalized spacial score (nSPS) is 12.4. The van der Waals surface area contributed by atoms with Gasteiger partial charge < -0.3 is 9.84 Å². The number of halogens is 1. The predicted molar refractivity (Wildman–Crippen MR) is 70.6 cm³/mol. The molecule has 2 rings (SSSR count). The summed E-state index contributed by atoms with van der Waals surface area (Å²) >= 11 is 1.68. The van der Waals surface area contributed by atoms with Gasteiger partial charge in [-0.15, -0.1) is 11.3 Å². The molecule has 1 aromatic heterocycles. The summed E-state index contributed by atoms with van der Waals surface area (Å²) in [5.41, 5.74) is 0.487. The van der Waals surface area contributed by atoms with Crippen LogP contribution in [0.1, 0.15) is 23.5 Å². The lowest BCUT2D eigenvalue weighted by molar-refractivity contribution is 0.191. The largest absolute Gasteiger partial charge is 0.493 e.